The molecule has 2 fully saturated rings. The van der Waals surface area contributed by atoms with E-state index in [4.69, 9.17) is 4.74 Å². The lowest BCUT2D eigenvalue weighted by Crippen LogP contribution is -2.41. The van der Waals surface area contributed by atoms with E-state index in [1.807, 2.05) is 25.7 Å². The molecule has 24 heavy (non-hydrogen) atoms. The first-order valence-corrected chi connectivity index (χ1v) is 9.18. The molecule has 0 saturated carbocycles. The molecule has 2 aliphatic heterocycles. The molecule has 2 amide bonds. The highest BCUT2D eigenvalue weighted by molar-refractivity contribution is 5.83. The minimum absolute atomic E-state index is 0.0824. The van der Waals surface area contributed by atoms with Gasteiger partial charge in [0.25, 0.3) is 0 Å². The Hall–Kier alpha value is -1.52. The molecule has 0 aromatic heterocycles. The van der Waals surface area contributed by atoms with Gasteiger partial charge in [-0.3, -0.25) is 4.79 Å². The Morgan fingerprint density at radius 1 is 1.29 bits per heavy atom. The number of likely N-dealkylation sites (tertiary alicyclic amines) is 1. The third-order valence-corrected chi connectivity index (χ3v) is 4.91. The molecule has 1 N–H and O–H groups in total. The van der Waals surface area contributed by atoms with Crippen LogP contribution in [0.25, 0.3) is 0 Å². The van der Waals surface area contributed by atoms with E-state index in [0.717, 1.165) is 51.7 Å². The summed E-state index contributed by atoms with van der Waals surface area (Å²) in [7, 11) is 0. The number of carbonyl (C=O) groups excluding carboxylic acids is 2. The van der Waals surface area contributed by atoms with E-state index in [1.165, 1.54) is 5.57 Å². The predicted molar refractivity (Wildman–Crippen MR) is 94.6 cm³/mol. The summed E-state index contributed by atoms with van der Waals surface area (Å²) >= 11 is 0. The molecule has 0 bridgehead atoms. The second-order valence-corrected chi connectivity index (χ2v) is 8.07. The third-order valence-electron chi connectivity index (χ3n) is 4.91. The van der Waals surface area contributed by atoms with Crippen LogP contribution in [0.1, 0.15) is 59.8 Å². The molecule has 0 spiro atoms. The first-order chi connectivity index (χ1) is 11.3. The fourth-order valence-corrected chi connectivity index (χ4v) is 3.45. The highest BCUT2D eigenvalue weighted by Crippen LogP contribution is 2.25. The Labute approximate surface area is 145 Å². The standard InChI is InChI=1S/C19H32N2O3/c1-14(16-8-11-20-17(16)22)6-5-7-15-9-12-21(13-10-15)18(23)24-19(2,3)4/h6,15-16H,5,7-13H2,1-4H3,(H,20,22). The van der Waals surface area contributed by atoms with Gasteiger partial charge in [0, 0.05) is 19.6 Å². The molecular formula is C19H32N2O3. The Balaban J connectivity index is 1.70. The van der Waals surface area contributed by atoms with Crippen molar-refractivity contribution in [3.63, 3.8) is 0 Å². The van der Waals surface area contributed by atoms with Gasteiger partial charge in [-0.2, -0.15) is 0 Å². The summed E-state index contributed by atoms with van der Waals surface area (Å²) in [5.41, 5.74) is 0.777. The van der Waals surface area contributed by atoms with Crippen molar-refractivity contribution in [3.8, 4) is 0 Å². The molecule has 2 aliphatic rings. The molecule has 0 aromatic rings. The average molecular weight is 336 g/mol. The van der Waals surface area contributed by atoms with Gasteiger partial charge in [0.15, 0.2) is 0 Å². The zero-order valence-electron chi connectivity index (χ0n) is 15.6. The highest BCUT2D eigenvalue weighted by Gasteiger charge is 2.27. The molecular weight excluding hydrogens is 304 g/mol. The second-order valence-electron chi connectivity index (χ2n) is 8.07. The topological polar surface area (TPSA) is 58.6 Å². The minimum atomic E-state index is -0.428. The van der Waals surface area contributed by atoms with Crippen LogP contribution in [0.4, 0.5) is 4.79 Å². The predicted octanol–water partition coefficient (Wildman–Crippen LogP) is 3.50. The summed E-state index contributed by atoms with van der Waals surface area (Å²) in [6.07, 6.45) is 7.20. The Morgan fingerprint density at radius 3 is 2.50 bits per heavy atom. The van der Waals surface area contributed by atoms with Crippen molar-refractivity contribution < 1.29 is 14.3 Å². The number of hydrogen-bond donors (Lipinski definition) is 1. The first-order valence-electron chi connectivity index (χ1n) is 9.18. The zero-order chi connectivity index (χ0) is 17.7. The monoisotopic (exact) mass is 336 g/mol. The van der Waals surface area contributed by atoms with Gasteiger partial charge in [-0.15, -0.1) is 0 Å². The molecule has 0 aromatic carbocycles. The van der Waals surface area contributed by atoms with Gasteiger partial charge in [0.05, 0.1) is 5.92 Å². The number of hydrogen-bond acceptors (Lipinski definition) is 3. The van der Waals surface area contributed by atoms with Crippen LogP contribution >= 0.6 is 0 Å². The molecule has 5 heteroatoms. The Morgan fingerprint density at radius 2 is 1.96 bits per heavy atom. The van der Waals surface area contributed by atoms with Crippen molar-refractivity contribution in [2.75, 3.05) is 19.6 Å². The van der Waals surface area contributed by atoms with Crippen molar-refractivity contribution in [3.05, 3.63) is 11.6 Å². The van der Waals surface area contributed by atoms with Crippen LogP contribution in [0.15, 0.2) is 11.6 Å². The molecule has 2 saturated heterocycles. The highest BCUT2D eigenvalue weighted by atomic mass is 16.6. The summed E-state index contributed by atoms with van der Waals surface area (Å²) in [6.45, 7) is 10.1. The van der Waals surface area contributed by atoms with Gasteiger partial charge >= 0.3 is 6.09 Å². The maximum absolute atomic E-state index is 12.1. The number of allylic oxidation sites excluding steroid dienone is 1. The van der Waals surface area contributed by atoms with Gasteiger partial charge in [0.2, 0.25) is 5.91 Å². The quantitative estimate of drug-likeness (QED) is 0.800. The van der Waals surface area contributed by atoms with Crippen molar-refractivity contribution in [2.24, 2.45) is 11.8 Å². The summed E-state index contributed by atoms with van der Waals surface area (Å²) in [4.78, 5) is 25.6. The van der Waals surface area contributed by atoms with E-state index in [-0.39, 0.29) is 17.9 Å². The van der Waals surface area contributed by atoms with Gasteiger partial charge in [-0.1, -0.05) is 11.6 Å². The fourth-order valence-electron chi connectivity index (χ4n) is 3.45. The zero-order valence-corrected chi connectivity index (χ0v) is 15.6. The number of nitrogens with one attached hydrogen (secondary N) is 1. The lowest BCUT2D eigenvalue weighted by atomic mass is 9.91. The van der Waals surface area contributed by atoms with Crippen LogP contribution in [0, 0.1) is 11.8 Å². The number of ether oxygens (including phenoxy) is 1. The Bertz CT molecular complexity index is 485. The number of amides is 2. The van der Waals surface area contributed by atoms with Crippen molar-refractivity contribution in [2.45, 2.75) is 65.4 Å². The fraction of sp³-hybridized carbons (Fsp3) is 0.789. The van der Waals surface area contributed by atoms with Gasteiger partial charge < -0.3 is 15.0 Å². The van der Waals surface area contributed by atoms with Crippen LogP contribution in [0.5, 0.6) is 0 Å². The molecule has 5 nitrogen and oxygen atoms in total. The van der Waals surface area contributed by atoms with E-state index < -0.39 is 5.60 Å². The molecule has 1 atom stereocenters. The smallest absolute Gasteiger partial charge is 0.410 e. The molecule has 0 radical (unpaired) electrons. The van der Waals surface area contributed by atoms with E-state index in [1.54, 1.807) is 0 Å². The first kappa shape index (κ1) is 18.8. The third kappa shape index (κ3) is 5.53. The number of nitrogens with zero attached hydrogens (tertiary/aromatic N) is 1. The van der Waals surface area contributed by atoms with Crippen LogP contribution in [-0.2, 0) is 9.53 Å². The lowest BCUT2D eigenvalue weighted by Gasteiger charge is -2.33. The number of piperidine rings is 1. The average Bonchev–Trinajstić information content (AvgIpc) is 2.92. The van der Waals surface area contributed by atoms with E-state index >= 15 is 0 Å². The van der Waals surface area contributed by atoms with E-state index in [0.29, 0.717) is 5.92 Å². The SMILES string of the molecule is CC(=CCCC1CCN(C(=O)OC(C)(C)C)CC1)C1CCNC1=O. The second kappa shape index (κ2) is 8.04. The molecule has 2 rings (SSSR count). The van der Waals surface area contributed by atoms with Crippen LogP contribution in [0.3, 0.4) is 0 Å². The summed E-state index contributed by atoms with van der Waals surface area (Å²) in [6, 6.07) is 0. The van der Waals surface area contributed by atoms with Gasteiger partial charge in [0.1, 0.15) is 5.60 Å². The largest absolute Gasteiger partial charge is 0.444 e. The summed E-state index contributed by atoms with van der Waals surface area (Å²) in [5.74, 6) is 0.915. The van der Waals surface area contributed by atoms with Crippen LogP contribution in [-0.4, -0.2) is 42.1 Å². The van der Waals surface area contributed by atoms with Crippen molar-refractivity contribution >= 4 is 12.0 Å². The van der Waals surface area contributed by atoms with E-state index in [2.05, 4.69) is 18.3 Å². The Kier molecular flexibility index (Phi) is 6.30. The maximum Gasteiger partial charge on any atom is 0.410 e. The van der Waals surface area contributed by atoms with Crippen LogP contribution in [0.2, 0.25) is 0 Å². The van der Waals surface area contributed by atoms with E-state index in [9.17, 15) is 9.59 Å². The number of carbonyl (C=O) groups is 2. The van der Waals surface area contributed by atoms with Gasteiger partial charge in [-0.25, -0.2) is 4.79 Å². The summed E-state index contributed by atoms with van der Waals surface area (Å²) < 4.78 is 5.43. The lowest BCUT2D eigenvalue weighted by molar-refractivity contribution is -0.121. The molecule has 0 aliphatic carbocycles. The molecule has 136 valence electrons. The minimum Gasteiger partial charge on any atom is -0.444 e. The normalized spacial score (nSPS) is 23.3. The summed E-state index contributed by atoms with van der Waals surface area (Å²) in [5, 5.41) is 2.89. The molecule has 1 unspecified atom stereocenters. The number of rotatable bonds is 4. The van der Waals surface area contributed by atoms with Crippen LogP contribution < -0.4 is 5.32 Å². The van der Waals surface area contributed by atoms with Gasteiger partial charge in [-0.05, 0) is 65.7 Å². The molecule has 2 heterocycles. The maximum atomic E-state index is 12.1. The van der Waals surface area contributed by atoms with Crippen molar-refractivity contribution in [1.82, 2.24) is 10.2 Å². The van der Waals surface area contributed by atoms with Crippen molar-refractivity contribution in [1.29, 1.82) is 0 Å².